The third-order valence-electron chi connectivity index (χ3n) is 7.11. The maximum absolute atomic E-state index is 14.9. The van der Waals surface area contributed by atoms with Crippen molar-refractivity contribution in [3.8, 4) is 11.3 Å². The molecular formula is C26H23F2N5O2. The van der Waals surface area contributed by atoms with Gasteiger partial charge in [-0.15, -0.1) is 0 Å². The number of ether oxygens (including phenoxy) is 2. The van der Waals surface area contributed by atoms with Crippen LogP contribution in [0, 0.1) is 11.6 Å². The van der Waals surface area contributed by atoms with Crippen LogP contribution in [-0.4, -0.2) is 31.3 Å². The summed E-state index contributed by atoms with van der Waals surface area (Å²) >= 11 is 0. The highest BCUT2D eigenvalue weighted by molar-refractivity contribution is 5.89. The molecule has 2 atom stereocenters. The maximum Gasteiger partial charge on any atom is 0.135 e. The van der Waals surface area contributed by atoms with Gasteiger partial charge in [0.2, 0.25) is 0 Å². The number of benzene rings is 1. The molecule has 4 aromatic rings. The SMILES string of the molecule is Fc1ccc(-c2nc([C@@H]3CCO[C@H](c4cnn(C5CC5)c4)C3)cc3nc4c(nc23)COC4)c(F)c1. The van der Waals surface area contributed by atoms with E-state index in [-0.39, 0.29) is 17.6 Å². The molecule has 35 heavy (non-hydrogen) atoms. The fraction of sp³-hybridized carbons (Fsp3) is 0.385. The van der Waals surface area contributed by atoms with Crippen molar-refractivity contribution in [1.29, 1.82) is 0 Å². The topological polar surface area (TPSA) is 75.0 Å². The molecule has 0 bridgehead atoms. The molecule has 0 unspecified atom stereocenters. The monoisotopic (exact) mass is 475 g/mol. The molecule has 1 saturated carbocycles. The lowest BCUT2D eigenvalue weighted by Gasteiger charge is -2.29. The standard InChI is InChI=1S/C26H23F2N5O2/c27-16-1-4-18(19(28)8-16)25-26-21(30-22-12-34-13-23(22)32-26)9-20(31-25)14-5-6-35-24(7-14)15-10-29-33(11-15)17-2-3-17/h1,4,8-11,14,17,24H,2-3,5-7,12-13H2/t14-,24+/m1/s1. The summed E-state index contributed by atoms with van der Waals surface area (Å²) in [4.78, 5) is 14.4. The van der Waals surface area contributed by atoms with Crippen molar-refractivity contribution in [3.63, 3.8) is 0 Å². The molecule has 0 N–H and O–H groups in total. The molecule has 2 aliphatic heterocycles. The van der Waals surface area contributed by atoms with Gasteiger partial charge >= 0.3 is 0 Å². The highest BCUT2D eigenvalue weighted by atomic mass is 19.1. The normalized spacial score (nSPS) is 22.0. The number of fused-ring (bicyclic) bond motifs is 2. The van der Waals surface area contributed by atoms with Gasteiger partial charge in [-0.3, -0.25) is 4.68 Å². The fourth-order valence-corrected chi connectivity index (χ4v) is 5.06. The molecule has 3 aliphatic rings. The molecule has 0 amide bonds. The van der Waals surface area contributed by atoms with Crippen molar-refractivity contribution in [2.45, 2.75) is 57.0 Å². The van der Waals surface area contributed by atoms with Crippen molar-refractivity contribution < 1.29 is 18.3 Å². The van der Waals surface area contributed by atoms with E-state index in [1.165, 1.54) is 25.0 Å². The molecule has 0 radical (unpaired) electrons. The highest BCUT2D eigenvalue weighted by Gasteiger charge is 2.31. The first-order chi connectivity index (χ1) is 17.1. The lowest BCUT2D eigenvalue weighted by Crippen LogP contribution is -2.19. The lowest BCUT2D eigenvalue weighted by molar-refractivity contribution is 0.00462. The van der Waals surface area contributed by atoms with Gasteiger partial charge in [0, 0.05) is 41.6 Å². The number of halogens is 2. The number of pyridine rings is 1. The molecule has 2 fully saturated rings. The van der Waals surface area contributed by atoms with E-state index in [9.17, 15) is 8.78 Å². The summed E-state index contributed by atoms with van der Waals surface area (Å²) < 4.78 is 42.2. The summed E-state index contributed by atoms with van der Waals surface area (Å²) in [5.41, 5.74) is 5.13. The minimum Gasteiger partial charge on any atom is -0.373 e. The second-order valence-electron chi connectivity index (χ2n) is 9.56. The number of hydrogen-bond acceptors (Lipinski definition) is 6. The average molecular weight is 475 g/mol. The van der Waals surface area contributed by atoms with E-state index in [4.69, 9.17) is 24.4 Å². The molecule has 5 heterocycles. The Bertz CT molecular complexity index is 1450. The first-order valence-corrected chi connectivity index (χ1v) is 12.0. The van der Waals surface area contributed by atoms with Crippen LogP contribution < -0.4 is 0 Å². The number of nitrogens with zero attached hydrogens (tertiary/aromatic N) is 5. The largest absolute Gasteiger partial charge is 0.373 e. The Balaban J connectivity index is 1.30. The summed E-state index contributed by atoms with van der Waals surface area (Å²) in [6.45, 7) is 1.36. The van der Waals surface area contributed by atoms with Gasteiger partial charge in [0.15, 0.2) is 0 Å². The van der Waals surface area contributed by atoms with Crippen LogP contribution in [0.2, 0.25) is 0 Å². The first kappa shape index (κ1) is 21.0. The molecule has 0 spiro atoms. The minimum absolute atomic E-state index is 0.0794. The molecule has 1 saturated heterocycles. The number of rotatable bonds is 4. The Morgan fingerprint density at radius 2 is 1.83 bits per heavy atom. The zero-order valence-electron chi connectivity index (χ0n) is 19.0. The van der Waals surface area contributed by atoms with Crippen LogP contribution in [0.1, 0.15) is 66.4 Å². The fourth-order valence-electron chi connectivity index (χ4n) is 5.06. The maximum atomic E-state index is 14.9. The summed E-state index contributed by atoms with van der Waals surface area (Å²) in [7, 11) is 0. The van der Waals surface area contributed by atoms with Crippen LogP contribution in [0.5, 0.6) is 0 Å². The van der Waals surface area contributed by atoms with Gasteiger partial charge in [-0.1, -0.05) is 0 Å². The van der Waals surface area contributed by atoms with Crippen molar-refractivity contribution in [2.75, 3.05) is 6.61 Å². The Kier molecular flexibility index (Phi) is 4.89. The molecule has 1 aromatic carbocycles. The van der Waals surface area contributed by atoms with Gasteiger partial charge in [-0.2, -0.15) is 5.10 Å². The molecule has 3 aromatic heterocycles. The van der Waals surface area contributed by atoms with Crippen LogP contribution in [0.25, 0.3) is 22.3 Å². The van der Waals surface area contributed by atoms with E-state index in [1.54, 1.807) is 0 Å². The van der Waals surface area contributed by atoms with E-state index >= 15 is 0 Å². The van der Waals surface area contributed by atoms with E-state index < -0.39 is 11.6 Å². The predicted octanol–water partition coefficient (Wildman–Crippen LogP) is 5.17. The minimum atomic E-state index is -0.674. The second kappa shape index (κ2) is 8.13. The van der Waals surface area contributed by atoms with Gasteiger partial charge in [0.25, 0.3) is 0 Å². The van der Waals surface area contributed by atoms with Gasteiger partial charge in [0.05, 0.1) is 48.5 Å². The Morgan fingerprint density at radius 1 is 0.971 bits per heavy atom. The summed E-state index contributed by atoms with van der Waals surface area (Å²) in [5, 5.41) is 4.51. The first-order valence-electron chi connectivity index (χ1n) is 12.0. The quantitative estimate of drug-likeness (QED) is 0.406. The molecule has 178 valence electrons. The Labute approximate surface area is 200 Å². The molecule has 7 nitrogen and oxygen atoms in total. The van der Waals surface area contributed by atoms with Crippen molar-refractivity contribution in [1.82, 2.24) is 24.7 Å². The van der Waals surface area contributed by atoms with Gasteiger partial charge in [-0.05, 0) is 43.9 Å². The zero-order valence-corrected chi connectivity index (χ0v) is 19.0. The van der Waals surface area contributed by atoms with Crippen LogP contribution in [-0.2, 0) is 22.7 Å². The zero-order chi connectivity index (χ0) is 23.5. The van der Waals surface area contributed by atoms with Crippen LogP contribution in [0.15, 0.2) is 36.7 Å². The highest BCUT2D eigenvalue weighted by Crippen LogP contribution is 2.40. The van der Waals surface area contributed by atoms with Crippen molar-refractivity contribution in [2.24, 2.45) is 0 Å². The van der Waals surface area contributed by atoms with Gasteiger partial charge in [-0.25, -0.2) is 23.7 Å². The van der Waals surface area contributed by atoms with Crippen molar-refractivity contribution >= 4 is 11.0 Å². The number of aromatic nitrogens is 5. The summed E-state index contributed by atoms with van der Waals surface area (Å²) in [6, 6.07) is 6.00. The molecule has 7 rings (SSSR count). The molecule has 9 heteroatoms. The van der Waals surface area contributed by atoms with Crippen LogP contribution in [0.3, 0.4) is 0 Å². The number of hydrogen-bond donors (Lipinski definition) is 0. The Morgan fingerprint density at radius 3 is 2.66 bits per heavy atom. The van der Waals surface area contributed by atoms with E-state index in [1.807, 2.05) is 16.9 Å². The van der Waals surface area contributed by atoms with Gasteiger partial charge in [0.1, 0.15) is 22.8 Å². The molecular weight excluding hydrogens is 452 g/mol. The third kappa shape index (κ3) is 3.79. The second-order valence-corrected chi connectivity index (χ2v) is 9.56. The van der Waals surface area contributed by atoms with Crippen LogP contribution in [0.4, 0.5) is 8.78 Å². The smallest absolute Gasteiger partial charge is 0.135 e. The predicted molar refractivity (Wildman–Crippen MR) is 122 cm³/mol. The van der Waals surface area contributed by atoms with E-state index in [2.05, 4.69) is 11.3 Å². The Hall–Kier alpha value is -3.30. The van der Waals surface area contributed by atoms with Crippen molar-refractivity contribution in [3.05, 3.63) is 70.9 Å². The summed E-state index contributed by atoms with van der Waals surface area (Å²) in [5.74, 6) is -1.21. The third-order valence-corrected chi connectivity index (χ3v) is 7.11. The van der Waals surface area contributed by atoms with Crippen LogP contribution >= 0.6 is 0 Å². The van der Waals surface area contributed by atoms with E-state index in [0.717, 1.165) is 41.6 Å². The van der Waals surface area contributed by atoms with E-state index in [0.29, 0.717) is 42.6 Å². The average Bonchev–Trinajstić information content (AvgIpc) is 3.41. The van der Waals surface area contributed by atoms with Gasteiger partial charge < -0.3 is 9.47 Å². The summed E-state index contributed by atoms with van der Waals surface area (Å²) in [6.07, 6.45) is 7.79. The lowest BCUT2D eigenvalue weighted by atomic mass is 9.89. The molecule has 1 aliphatic carbocycles.